The van der Waals surface area contributed by atoms with Crippen LogP contribution in [0.3, 0.4) is 0 Å². The zero-order valence-corrected chi connectivity index (χ0v) is 29.0. The van der Waals surface area contributed by atoms with Crippen LogP contribution in [0.5, 0.6) is 11.5 Å². The summed E-state index contributed by atoms with van der Waals surface area (Å²) in [7, 11) is -4.22. The molecule has 1 heterocycles. The highest BCUT2D eigenvalue weighted by Gasteiger charge is 2.43. The summed E-state index contributed by atoms with van der Waals surface area (Å²) in [5, 5.41) is 21.2. The van der Waals surface area contributed by atoms with Crippen molar-refractivity contribution in [2.24, 2.45) is 11.3 Å². The molecule has 0 radical (unpaired) electrons. The van der Waals surface area contributed by atoms with Gasteiger partial charge in [-0.3, -0.25) is 9.59 Å². The number of carbonyl (C=O) groups excluding carboxylic acids is 2. The lowest BCUT2D eigenvalue weighted by molar-refractivity contribution is -0.125. The fourth-order valence-corrected chi connectivity index (χ4v) is 7.34. The quantitative estimate of drug-likeness (QED) is 0.148. The largest absolute Gasteiger partial charge is 0.454 e. The summed E-state index contributed by atoms with van der Waals surface area (Å²) in [6.45, 7) is 8.63. The number of hydrogen-bond donors (Lipinski definition) is 4. The molecule has 0 saturated carbocycles. The molecule has 0 spiro atoms. The van der Waals surface area contributed by atoms with Crippen LogP contribution < -0.4 is 25.4 Å². The molecule has 48 heavy (non-hydrogen) atoms. The van der Waals surface area contributed by atoms with E-state index in [0.717, 1.165) is 15.4 Å². The lowest BCUT2D eigenvalue weighted by Gasteiger charge is -2.40. The second-order valence-corrected chi connectivity index (χ2v) is 15.3. The zero-order valence-electron chi connectivity index (χ0n) is 28.2. The monoisotopic (exact) mass is 680 g/mol. The minimum atomic E-state index is -4.22. The molecule has 11 nitrogen and oxygen atoms in total. The van der Waals surface area contributed by atoms with Gasteiger partial charge < -0.3 is 30.5 Å². The molecule has 1 unspecified atom stereocenters. The van der Waals surface area contributed by atoms with Gasteiger partial charge in [-0.2, -0.15) is 4.31 Å². The van der Waals surface area contributed by atoms with Crippen LogP contribution in [0, 0.1) is 11.3 Å². The summed E-state index contributed by atoms with van der Waals surface area (Å²) < 4.78 is 40.3. The number of amides is 2. The molecule has 1 aliphatic rings. The number of carbonyl (C=O) groups is 2. The maximum absolute atomic E-state index is 14.2. The molecule has 4 N–H and O–H groups in total. The number of hydrogen-bond acceptors (Lipinski definition) is 8. The van der Waals surface area contributed by atoms with Crippen molar-refractivity contribution in [2.75, 3.05) is 33.0 Å². The Morgan fingerprint density at radius 3 is 2.21 bits per heavy atom. The Kier molecular flexibility index (Phi) is 12.6. The van der Waals surface area contributed by atoms with E-state index in [1.807, 2.05) is 88.4 Å². The number of aliphatic hydroxyl groups is 1. The van der Waals surface area contributed by atoms with Gasteiger partial charge in [0.25, 0.3) is 0 Å². The lowest BCUT2D eigenvalue weighted by atomic mass is 9.88. The van der Waals surface area contributed by atoms with E-state index in [1.165, 1.54) is 12.1 Å². The smallest absolute Gasteiger partial charge is 0.245 e. The summed E-state index contributed by atoms with van der Waals surface area (Å²) in [5.41, 5.74) is -0.595. The fourth-order valence-electron chi connectivity index (χ4n) is 5.49. The molecule has 0 fully saturated rings. The van der Waals surface area contributed by atoms with Crippen molar-refractivity contribution in [3.05, 3.63) is 90.0 Å². The first kappa shape index (κ1) is 36.9. The number of ether oxygens (including phenoxy) is 2. The Morgan fingerprint density at radius 2 is 1.54 bits per heavy atom. The fraction of sp³-hybridized carbons (Fsp3) is 0.444. The van der Waals surface area contributed by atoms with Crippen LogP contribution >= 0.6 is 0 Å². The van der Waals surface area contributed by atoms with Crippen molar-refractivity contribution in [3.63, 3.8) is 0 Å². The first-order valence-electron chi connectivity index (χ1n) is 16.2. The summed E-state index contributed by atoms with van der Waals surface area (Å²) in [4.78, 5) is 25.5. The number of rotatable bonds is 18. The lowest BCUT2D eigenvalue weighted by Crippen LogP contribution is -2.55. The Morgan fingerprint density at radius 1 is 0.896 bits per heavy atom. The Labute approximate surface area is 284 Å². The zero-order chi connectivity index (χ0) is 34.8. The molecule has 0 aromatic heterocycles. The van der Waals surface area contributed by atoms with E-state index in [4.69, 9.17) is 9.47 Å². The highest BCUT2D eigenvalue weighted by molar-refractivity contribution is 7.89. The van der Waals surface area contributed by atoms with Crippen LogP contribution in [0.1, 0.15) is 51.7 Å². The van der Waals surface area contributed by atoms with Gasteiger partial charge in [-0.1, -0.05) is 88.4 Å². The number of fused-ring (bicyclic) bond motifs is 1. The molecule has 1 aliphatic heterocycles. The highest BCUT2D eigenvalue weighted by Crippen LogP contribution is 2.37. The van der Waals surface area contributed by atoms with E-state index in [2.05, 4.69) is 16.0 Å². The van der Waals surface area contributed by atoms with E-state index in [-0.39, 0.29) is 68.3 Å². The summed E-state index contributed by atoms with van der Waals surface area (Å²) in [5.74, 6) is 0.220. The molecule has 0 saturated heterocycles. The normalized spacial score (nSPS) is 14.1. The van der Waals surface area contributed by atoms with Gasteiger partial charge in [0.05, 0.1) is 11.4 Å². The number of nitrogens with one attached hydrogen (secondary N) is 3. The third kappa shape index (κ3) is 10.5. The van der Waals surface area contributed by atoms with Gasteiger partial charge in [-0.15, -0.1) is 0 Å². The molecule has 0 bridgehead atoms. The molecule has 3 aromatic carbocycles. The molecule has 260 valence electrons. The van der Waals surface area contributed by atoms with Crippen molar-refractivity contribution in [3.8, 4) is 11.5 Å². The van der Waals surface area contributed by atoms with Crippen molar-refractivity contribution in [1.82, 2.24) is 20.3 Å². The molecule has 12 heteroatoms. The third-order valence-electron chi connectivity index (χ3n) is 7.97. The molecule has 3 aromatic rings. The SMILES string of the molecule is CC(C)CN(C(O)(CCNC(=O)CC(C)(C)CNC(=O)CNCc1ccccc1)Cc1ccccc1)S(=O)(=O)c1ccc2c(c1)OCO2. The molecule has 0 aliphatic carbocycles. The first-order chi connectivity index (χ1) is 22.8. The van der Waals surface area contributed by atoms with Crippen LogP contribution in [-0.4, -0.2) is 68.3 Å². The average Bonchev–Trinajstić information content (AvgIpc) is 3.52. The van der Waals surface area contributed by atoms with Gasteiger partial charge in [-0.05, 0) is 34.6 Å². The van der Waals surface area contributed by atoms with Crippen molar-refractivity contribution in [2.45, 2.75) is 64.1 Å². The topological polar surface area (TPSA) is 146 Å². The maximum Gasteiger partial charge on any atom is 0.245 e. The Hall–Kier alpha value is -3.97. The predicted molar refractivity (Wildman–Crippen MR) is 184 cm³/mol. The van der Waals surface area contributed by atoms with Crippen LogP contribution in [0.25, 0.3) is 0 Å². The van der Waals surface area contributed by atoms with E-state index in [1.54, 1.807) is 6.07 Å². The van der Waals surface area contributed by atoms with Crippen molar-refractivity contribution in [1.29, 1.82) is 0 Å². The second-order valence-electron chi connectivity index (χ2n) is 13.4. The molecule has 1 atom stereocenters. The van der Waals surface area contributed by atoms with E-state index >= 15 is 0 Å². The molecular weight excluding hydrogens is 632 g/mol. The van der Waals surface area contributed by atoms with Gasteiger partial charge in [0.2, 0.25) is 28.6 Å². The van der Waals surface area contributed by atoms with Crippen molar-refractivity contribution < 1.29 is 32.6 Å². The molecule has 4 rings (SSSR count). The predicted octanol–water partition coefficient (Wildman–Crippen LogP) is 3.82. The highest BCUT2D eigenvalue weighted by atomic mass is 32.2. The first-order valence-corrected chi connectivity index (χ1v) is 17.7. The average molecular weight is 681 g/mol. The number of benzene rings is 3. The molecular formula is C36H48N4O7S. The summed E-state index contributed by atoms with van der Waals surface area (Å²) >= 11 is 0. The van der Waals surface area contributed by atoms with Crippen LogP contribution in [-0.2, 0) is 32.6 Å². The van der Waals surface area contributed by atoms with Gasteiger partial charge in [0.1, 0.15) is 5.72 Å². The van der Waals surface area contributed by atoms with Crippen molar-refractivity contribution >= 4 is 21.8 Å². The van der Waals surface area contributed by atoms with Gasteiger partial charge in [0, 0.05) is 51.5 Å². The maximum atomic E-state index is 14.2. The van der Waals surface area contributed by atoms with E-state index in [0.29, 0.717) is 24.6 Å². The number of nitrogens with zero attached hydrogens (tertiary/aromatic N) is 1. The number of sulfonamides is 1. The van der Waals surface area contributed by atoms with Gasteiger partial charge in [-0.25, -0.2) is 8.42 Å². The minimum Gasteiger partial charge on any atom is -0.454 e. The summed E-state index contributed by atoms with van der Waals surface area (Å²) in [6, 6.07) is 23.4. The van der Waals surface area contributed by atoms with Crippen LogP contribution in [0.2, 0.25) is 0 Å². The van der Waals surface area contributed by atoms with Gasteiger partial charge in [0.15, 0.2) is 11.5 Å². The Balaban J connectivity index is 1.40. The second kappa shape index (κ2) is 16.4. The van der Waals surface area contributed by atoms with E-state index < -0.39 is 21.2 Å². The Bertz CT molecular complexity index is 1620. The van der Waals surface area contributed by atoms with E-state index in [9.17, 15) is 23.1 Å². The molecule has 2 amide bonds. The summed E-state index contributed by atoms with van der Waals surface area (Å²) in [6.07, 6.45) is 0.0669. The minimum absolute atomic E-state index is 0.00131. The third-order valence-corrected chi connectivity index (χ3v) is 9.88. The van der Waals surface area contributed by atoms with Crippen LogP contribution in [0.4, 0.5) is 0 Å². The van der Waals surface area contributed by atoms with Crippen LogP contribution in [0.15, 0.2) is 83.8 Å². The van der Waals surface area contributed by atoms with Gasteiger partial charge >= 0.3 is 0 Å². The standard InChI is InChI=1S/C36H48N4O7S/c1-27(2)24-40(48(44,45)30-15-16-31-32(19-30)47-26-46-31)36(43,20-28-11-7-5-8-12-28)17-18-38-33(41)21-35(3,4)25-39-34(42)23-37-22-29-13-9-6-10-14-29/h5-16,19,27,37,43H,17-18,20-26H2,1-4H3,(H,38,41)(H,39,42).